The van der Waals surface area contributed by atoms with Gasteiger partial charge in [-0.1, -0.05) is 6.07 Å². The average Bonchev–Trinajstić information content (AvgIpc) is 2.40. The Labute approximate surface area is 109 Å². The topological polar surface area (TPSA) is 79.3 Å². The zero-order chi connectivity index (χ0) is 13.7. The second-order valence-corrected chi connectivity index (χ2v) is 3.97. The fourth-order valence-electron chi connectivity index (χ4n) is 1.59. The van der Waals surface area contributed by atoms with Gasteiger partial charge >= 0.3 is 5.97 Å². The highest BCUT2D eigenvalue weighted by Crippen LogP contribution is 2.10. The van der Waals surface area contributed by atoms with Crippen LogP contribution >= 0.6 is 0 Å². The summed E-state index contributed by atoms with van der Waals surface area (Å²) in [5.41, 5.74) is 1.58. The van der Waals surface area contributed by atoms with Crippen molar-refractivity contribution in [1.29, 1.82) is 0 Å². The number of nitrogens with zero attached hydrogens (tertiary/aromatic N) is 1. The minimum absolute atomic E-state index is 0.170. The molecule has 1 aromatic heterocycles. The van der Waals surface area contributed by atoms with Gasteiger partial charge in [0.1, 0.15) is 0 Å². The van der Waals surface area contributed by atoms with Crippen LogP contribution in [0.25, 0.3) is 0 Å². The number of nitrogens with one attached hydrogen (secondary N) is 1. The van der Waals surface area contributed by atoms with Gasteiger partial charge in [-0.05, 0) is 35.9 Å². The van der Waals surface area contributed by atoms with E-state index in [1.54, 1.807) is 30.6 Å². The number of carbonyl (C=O) groups is 2. The van der Waals surface area contributed by atoms with Gasteiger partial charge in [0.2, 0.25) is 5.91 Å². The van der Waals surface area contributed by atoms with E-state index in [1.807, 2.05) is 6.07 Å². The summed E-state index contributed by atoms with van der Waals surface area (Å²) in [5.74, 6) is -1.16. The van der Waals surface area contributed by atoms with Crippen molar-refractivity contribution >= 4 is 17.6 Å². The van der Waals surface area contributed by atoms with Crippen molar-refractivity contribution in [2.75, 3.05) is 5.32 Å². The number of pyridine rings is 1. The highest BCUT2D eigenvalue weighted by molar-refractivity contribution is 5.93. The molecular weight excluding hydrogens is 244 g/mol. The van der Waals surface area contributed by atoms with Crippen molar-refractivity contribution in [2.24, 2.45) is 0 Å². The molecule has 2 aromatic rings. The van der Waals surface area contributed by atoms with Crippen LogP contribution in [0, 0.1) is 0 Å². The van der Waals surface area contributed by atoms with Crippen LogP contribution in [0.4, 0.5) is 5.69 Å². The lowest BCUT2D eigenvalue weighted by Crippen LogP contribution is -2.14. The maximum absolute atomic E-state index is 11.7. The summed E-state index contributed by atoms with van der Waals surface area (Å²) < 4.78 is 0. The summed E-state index contributed by atoms with van der Waals surface area (Å²) >= 11 is 0. The van der Waals surface area contributed by atoms with Crippen LogP contribution in [0.5, 0.6) is 0 Å². The normalized spacial score (nSPS) is 9.89. The first-order valence-corrected chi connectivity index (χ1v) is 5.67. The number of carbonyl (C=O) groups excluding carboxylic acids is 1. The molecule has 0 unspecified atom stereocenters. The maximum Gasteiger partial charge on any atom is 0.335 e. The zero-order valence-corrected chi connectivity index (χ0v) is 10.0. The van der Waals surface area contributed by atoms with E-state index in [9.17, 15) is 9.59 Å². The number of benzene rings is 1. The Hall–Kier alpha value is -2.69. The van der Waals surface area contributed by atoms with E-state index >= 15 is 0 Å². The average molecular weight is 256 g/mol. The lowest BCUT2D eigenvalue weighted by molar-refractivity contribution is -0.115. The molecular formula is C14H12N2O3. The predicted octanol–water partition coefficient (Wildman–Crippen LogP) is 1.96. The van der Waals surface area contributed by atoms with Crippen molar-refractivity contribution in [3.05, 3.63) is 59.9 Å². The third kappa shape index (κ3) is 3.64. The summed E-state index contributed by atoms with van der Waals surface area (Å²) in [7, 11) is 0. The molecule has 19 heavy (non-hydrogen) atoms. The number of hydrogen-bond donors (Lipinski definition) is 2. The molecule has 0 spiro atoms. The Morgan fingerprint density at radius 3 is 2.47 bits per heavy atom. The second-order valence-electron chi connectivity index (χ2n) is 3.97. The predicted molar refractivity (Wildman–Crippen MR) is 70.0 cm³/mol. The van der Waals surface area contributed by atoms with Crippen LogP contribution in [0.3, 0.4) is 0 Å². The largest absolute Gasteiger partial charge is 0.478 e. The fraction of sp³-hybridized carbons (Fsp3) is 0.0714. The van der Waals surface area contributed by atoms with Crippen LogP contribution < -0.4 is 5.32 Å². The van der Waals surface area contributed by atoms with Crippen LogP contribution in [0.15, 0.2) is 48.8 Å². The quantitative estimate of drug-likeness (QED) is 0.876. The van der Waals surface area contributed by atoms with Crippen molar-refractivity contribution in [3.8, 4) is 0 Å². The number of amides is 1. The molecule has 2 rings (SSSR count). The van der Waals surface area contributed by atoms with Gasteiger partial charge in [0.25, 0.3) is 0 Å². The van der Waals surface area contributed by atoms with Crippen molar-refractivity contribution in [1.82, 2.24) is 4.98 Å². The van der Waals surface area contributed by atoms with E-state index in [2.05, 4.69) is 10.3 Å². The van der Waals surface area contributed by atoms with Crippen molar-refractivity contribution in [3.63, 3.8) is 0 Å². The molecule has 0 saturated heterocycles. The van der Waals surface area contributed by atoms with Gasteiger partial charge in [-0.25, -0.2) is 4.79 Å². The van der Waals surface area contributed by atoms with E-state index in [4.69, 9.17) is 5.11 Å². The first kappa shape index (κ1) is 12.8. The molecule has 0 radical (unpaired) electrons. The van der Waals surface area contributed by atoms with E-state index in [-0.39, 0.29) is 17.9 Å². The highest BCUT2D eigenvalue weighted by Gasteiger charge is 2.05. The Balaban J connectivity index is 1.97. The molecule has 0 aliphatic rings. The van der Waals surface area contributed by atoms with Gasteiger partial charge in [0.05, 0.1) is 12.0 Å². The molecule has 2 N–H and O–H groups in total. The van der Waals surface area contributed by atoms with E-state index in [0.29, 0.717) is 5.69 Å². The van der Waals surface area contributed by atoms with Crippen LogP contribution in [-0.4, -0.2) is 22.0 Å². The lowest BCUT2D eigenvalue weighted by atomic mass is 10.2. The molecule has 1 aromatic carbocycles. The monoisotopic (exact) mass is 256 g/mol. The second kappa shape index (κ2) is 5.77. The summed E-state index contributed by atoms with van der Waals surface area (Å²) in [5, 5.41) is 11.5. The minimum atomic E-state index is -0.992. The van der Waals surface area contributed by atoms with E-state index < -0.39 is 5.97 Å². The molecule has 5 heteroatoms. The van der Waals surface area contributed by atoms with Crippen molar-refractivity contribution in [2.45, 2.75) is 6.42 Å². The molecule has 0 saturated carbocycles. The van der Waals surface area contributed by atoms with Gasteiger partial charge in [-0.3, -0.25) is 9.78 Å². The van der Waals surface area contributed by atoms with Gasteiger partial charge in [-0.15, -0.1) is 0 Å². The number of rotatable bonds is 4. The van der Waals surface area contributed by atoms with E-state index in [1.165, 1.54) is 12.1 Å². The summed E-state index contributed by atoms with van der Waals surface area (Å²) in [4.78, 5) is 26.4. The zero-order valence-electron chi connectivity index (χ0n) is 10.0. The Morgan fingerprint density at radius 1 is 1.16 bits per heavy atom. The van der Waals surface area contributed by atoms with Crippen molar-refractivity contribution < 1.29 is 14.7 Å². The van der Waals surface area contributed by atoms with Crippen LogP contribution in [0.1, 0.15) is 15.9 Å². The van der Waals surface area contributed by atoms with E-state index in [0.717, 1.165) is 5.56 Å². The SMILES string of the molecule is O=C(Cc1cccnc1)Nc1ccc(C(=O)O)cc1. The molecule has 0 aliphatic carbocycles. The number of carboxylic acids is 1. The summed E-state index contributed by atoms with van der Waals surface area (Å²) in [6.07, 6.45) is 3.51. The van der Waals surface area contributed by atoms with Crippen LogP contribution in [0.2, 0.25) is 0 Å². The third-order valence-corrected chi connectivity index (χ3v) is 2.50. The summed E-state index contributed by atoms with van der Waals surface area (Å²) in [6, 6.07) is 9.60. The Morgan fingerprint density at radius 2 is 1.89 bits per heavy atom. The standard InChI is InChI=1S/C14H12N2O3/c17-13(8-10-2-1-7-15-9-10)16-12-5-3-11(4-6-12)14(18)19/h1-7,9H,8H2,(H,16,17)(H,18,19). The molecule has 0 bridgehead atoms. The number of carboxylic acid groups (broad SMARTS) is 1. The van der Waals surface area contributed by atoms with Gasteiger partial charge in [0, 0.05) is 18.1 Å². The first-order valence-electron chi connectivity index (χ1n) is 5.67. The molecule has 1 heterocycles. The molecule has 5 nitrogen and oxygen atoms in total. The molecule has 0 aliphatic heterocycles. The molecule has 96 valence electrons. The maximum atomic E-state index is 11.7. The van der Waals surface area contributed by atoms with Crippen LogP contribution in [-0.2, 0) is 11.2 Å². The van der Waals surface area contributed by atoms with Gasteiger partial charge in [0.15, 0.2) is 0 Å². The third-order valence-electron chi connectivity index (χ3n) is 2.50. The smallest absolute Gasteiger partial charge is 0.335 e. The first-order chi connectivity index (χ1) is 9.15. The Bertz CT molecular complexity index is 579. The fourth-order valence-corrected chi connectivity index (χ4v) is 1.59. The van der Waals surface area contributed by atoms with Gasteiger partial charge < -0.3 is 10.4 Å². The molecule has 0 fully saturated rings. The number of anilines is 1. The molecule has 0 atom stereocenters. The van der Waals surface area contributed by atoms with Gasteiger partial charge in [-0.2, -0.15) is 0 Å². The number of hydrogen-bond acceptors (Lipinski definition) is 3. The Kier molecular flexibility index (Phi) is 3.87. The molecule has 1 amide bonds. The lowest BCUT2D eigenvalue weighted by Gasteiger charge is -2.05. The number of aromatic carboxylic acids is 1. The minimum Gasteiger partial charge on any atom is -0.478 e. The highest BCUT2D eigenvalue weighted by atomic mass is 16.4. The number of aromatic nitrogens is 1. The summed E-state index contributed by atoms with van der Waals surface area (Å²) in [6.45, 7) is 0.